The molecule has 1 saturated carbocycles. The summed E-state index contributed by atoms with van der Waals surface area (Å²) in [5, 5.41) is 4.02. The Kier molecular flexibility index (Phi) is 3.77. The Hall–Kier alpha value is -3.16. The van der Waals surface area contributed by atoms with Gasteiger partial charge in [0.1, 0.15) is 6.04 Å². The molecule has 0 radical (unpaired) electrons. The van der Waals surface area contributed by atoms with Gasteiger partial charge in [-0.2, -0.15) is 5.10 Å². The van der Waals surface area contributed by atoms with Gasteiger partial charge in [-0.15, -0.1) is 6.42 Å². The second-order valence-corrected chi connectivity index (χ2v) is 9.88. The third kappa shape index (κ3) is 3.30. The van der Waals surface area contributed by atoms with Crippen LogP contribution in [-0.2, 0) is 23.6 Å². The maximum atomic E-state index is 13.6. The summed E-state index contributed by atoms with van der Waals surface area (Å²) in [5.74, 6) is 2.00. The van der Waals surface area contributed by atoms with Crippen LogP contribution in [-0.4, -0.2) is 53.1 Å². The van der Waals surface area contributed by atoms with Crippen molar-refractivity contribution < 1.29 is 16.0 Å². The van der Waals surface area contributed by atoms with Crippen molar-refractivity contribution in [2.24, 2.45) is 12.0 Å². The van der Waals surface area contributed by atoms with E-state index in [2.05, 4.69) is 20.7 Å². The van der Waals surface area contributed by atoms with Gasteiger partial charge < -0.3 is 0 Å². The molecule has 10 heteroatoms. The zero-order valence-electron chi connectivity index (χ0n) is 19.0. The predicted molar refractivity (Wildman–Crippen MR) is 115 cm³/mol. The number of aliphatic imine (C=N–C) groups is 1. The Labute approximate surface area is 183 Å². The van der Waals surface area contributed by atoms with Crippen molar-refractivity contribution in [1.82, 2.24) is 19.4 Å². The summed E-state index contributed by atoms with van der Waals surface area (Å²) in [6.07, 6.45) is 9.99. The van der Waals surface area contributed by atoms with Crippen LogP contribution in [0.5, 0.6) is 0 Å². The Morgan fingerprint density at radius 3 is 2.84 bits per heavy atom. The normalized spacial score (nSPS) is 22.8. The van der Waals surface area contributed by atoms with Gasteiger partial charge in [0.25, 0.3) is 5.91 Å². The molecule has 0 bridgehead atoms. The van der Waals surface area contributed by atoms with E-state index in [1.807, 2.05) is 6.92 Å². The molecule has 1 amide bonds. The van der Waals surface area contributed by atoms with Crippen LogP contribution in [0.4, 0.5) is 5.69 Å². The minimum absolute atomic E-state index is 0.0349. The summed E-state index contributed by atoms with van der Waals surface area (Å²) in [4.78, 5) is 20.5. The van der Waals surface area contributed by atoms with Gasteiger partial charge >= 0.3 is 0 Å². The smallest absolute Gasteiger partial charge is 0.263 e. The number of aromatic nitrogens is 2. The quantitative estimate of drug-likeness (QED) is 0.702. The summed E-state index contributed by atoms with van der Waals surface area (Å²) >= 11 is 0. The molecule has 1 aliphatic carbocycles. The fourth-order valence-corrected chi connectivity index (χ4v) is 5.19. The molecule has 2 aromatic rings. The van der Waals surface area contributed by atoms with Crippen LogP contribution in [0.25, 0.3) is 0 Å². The lowest BCUT2D eigenvalue weighted by Gasteiger charge is -2.37. The standard InChI is InChI=1S/C21H22N6O3S/c1-4-15-11-22-20-26(13-14-10-23-25(3)12-14)19(28)17-9-16(5-6-18(17)27(15)20)31(29,30)24-21(2)7-8-21/h1,5-6,9-10,12,15,24H,7-8,11,13H2,2-3H3/i13D2. The maximum Gasteiger partial charge on any atom is 0.263 e. The lowest BCUT2D eigenvalue weighted by Crippen LogP contribution is -2.52. The molecule has 1 aromatic heterocycles. The van der Waals surface area contributed by atoms with Crippen LogP contribution in [0.3, 0.4) is 0 Å². The minimum atomic E-state index is -3.87. The van der Waals surface area contributed by atoms with Crippen LogP contribution in [0.15, 0.2) is 40.5 Å². The lowest BCUT2D eigenvalue weighted by atomic mass is 10.1. The SMILES string of the molecule is [2H]C([2H])(c1cnn(C)c1)N1C(=O)c2cc(S(=O)(=O)NC3(C)CC3)ccc2N2C1=NCC2C#C. The third-order valence-electron chi connectivity index (χ3n) is 5.62. The molecular formula is C21H22N6O3S. The molecule has 5 rings (SSSR count). The topological polar surface area (TPSA) is 99.9 Å². The number of hydrogen-bond donors (Lipinski definition) is 1. The van der Waals surface area contributed by atoms with E-state index in [1.54, 1.807) is 11.9 Å². The molecule has 3 aliphatic rings. The summed E-state index contributed by atoms with van der Waals surface area (Å²) in [6.45, 7) is -0.306. The van der Waals surface area contributed by atoms with Gasteiger partial charge in [-0.05, 0) is 38.0 Å². The Morgan fingerprint density at radius 2 is 2.19 bits per heavy atom. The zero-order chi connectivity index (χ0) is 23.8. The number of amides is 1. The van der Waals surface area contributed by atoms with Crippen molar-refractivity contribution in [1.29, 1.82) is 0 Å². The first-order valence-electron chi connectivity index (χ1n) is 10.8. The number of fused-ring (bicyclic) bond motifs is 3. The van der Waals surface area contributed by atoms with Gasteiger partial charge in [0, 0.05) is 24.3 Å². The molecule has 0 spiro atoms. The van der Waals surface area contributed by atoms with E-state index in [-0.39, 0.29) is 28.5 Å². The molecule has 1 N–H and O–H groups in total. The van der Waals surface area contributed by atoms with E-state index in [4.69, 9.17) is 9.16 Å². The highest BCUT2D eigenvalue weighted by molar-refractivity contribution is 7.89. The molecule has 1 aromatic carbocycles. The second kappa shape index (κ2) is 6.67. The van der Waals surface area contributed by atoms with Crippen LogP contribution < -0.4 is 9.62 Å². The number of guanidine groups is 1. The zero-order valence-corrected chi connectivity index (χ0v) is 17.8. The largest absolute Gasteiger partial charge is 0.295 e. The van der Waals surface area contributed by atoms with E-state index >= 15 is 0 Å². The summed E-state index contributed by atoms with van der Waals surface area (Å²) in [7, 11) is -2.23. The van der Waals surface area contributed by atoms with Crippen molar-refractivity contribution >= 4 is 27.6 Å². The van der Waals surface area contributed by atoms with Gasteiger partial charge in [-0.1, -0.05) is 5.92 Å². The van der Waals surface area contributed by atoms with Gasteiger partial charge in [-0.25, -0.2) is 18.1 Å². The molecule has 0 saturated heterocycles. The Morgan fingerprint density at radius 1 is 1.42 bits per heavy atom. The minimum Gasteiger partial charge on any atom is -0.295 e. The van der Waals surface area contributed by atoms with Crippen molar-refractivity contribution in [3.8, 4) is 12.3 Å². The van der Waals surface area contributed by atoms with Crippen molar-refractivity contribution in [2.45, 2.75) is 42.7 Å². The molecule has 2 aliphatic heterocycles. The van der Waals surface area contributed by atoms with Crippen LogP contribution in [0, 0.1) is 12.3 Å². The fraction of sp³-hybridized carbons (Fsp3) is 0.381. The van der Waals surface area contributed by atoms with Gasteiger partial charge in [0.05, 0.1) is 38.1 Å². The van der Waals surface area contributed by atoms with E-state index in [1.165, 1.54) is 35.3 Å². The first kappa shape index (κ1) is 17.5. The van der Waals surface area contributed by atoms with E-state index in [9.17, 15) is 13.2 Å². The predicted octanol–water partition coefficient (Wildman–Crippen LogP) is 1.08. The van der Waals surface area contributed by atoms with Crippen molar-refractivity contribution in [3.05, 3.63) is 41.7 Å². The highest BCUT2D eigenvalue weighted by atomic mass is 32.2. The number of nitrogens with one attached hydrogen (secondary N) is 1. The highest BCUT2D eigenvalue weighted by Gasteiger charge is 2.44. The first-order valence-corrected chi connectivity index (χ1v) is 11.3. The van der Waals surface area contributed by atoms with E-state index in [0.29, 0.717) is 5.69 Å². The summed E-state index contributed by atoms with van der Waals surface area (Å²) in [6, 6.07) is 3.69. The van der Waals surface area contributed by atoms with Crippen molar-refractivity contribution in [2.75, 3.05) is 11.4 Å². The average molecular weight is 441 g/mol. The summed E-state index contributed by atoms with van der Waals surface area (Å²) < 4.78 is 47.5. The number of benzene rings is 1. The lowest BCUT2D eigenvalue weighted by molar-refractivity contribution is 0.0833. The number of hydrogen-bond acceptors (Lipinski definition) is 6. The van der Waals surface area contributed by atoms with Gasteiger partial charge in [0.2, 0.25) is 16.0 Å². The maximum absolute atomic E-state index is 13.6. The number of carbonyl (C=O) groups excluding carboxylic acids is 1. The van der Waals surface area contributed by atoms with E-state index in [0.717, 1.165) is 17.7 Å². The molecule has 3 heterocycles. The molecule has 1 atom stereocenters. The molecule has 31 heavy (non-hydrogen) atoms. The number of nitrogens with zero attached hydrogens (tertiary/aromatic N) is 5. The first-order chi connectivity index (χ1) is 15.5. The number of anilines is 1. The highest BCUT2D eigenvalue weighted by Crippen LogP contribution is 2.38. The molecule has 160 valence electrons. The molecule has 1 unspecified atom stereocenters. The number of carbonyl (C=O) groups is 1. The number of sulfonamides is 1. The molecule has 9 nitrogen and oxygen atoms in total. The fourth-order valence-electron chi connectivity index (χ4n) is 3.70. The average Bonchev–Trinajstić information content (AvgIpc) is 3.14. The summed E-state index contributed by atoms with van der Waals surface area (Å²) in [5.41, 5.74) is 0.105. The van der Waals surface area contributed by atoms with Crippen LogP contribution >= 0.6 is 0 Å². The van der Waals surface area contributed by atoms with E-state index < -0.39 is 34.0 Å². The van der Waals surface area contributed by atoms with Gasteiger partial charge in [0.15, 0.2) is 0 Å². The monoisotopic (exact) mass is 440 g/mol. The van der Waals surface area contributed by atoms with Crippen LogP contribution in [0.2, 0.25) is 0 Å². The molecular weight excluding hydrogens is 416 g/mol. The number of aryl methyl sites for hydroxylation is 1. The van der Waals surface area contributed by atoms with Crippen molar-refractivity contribution in [3.63, 3.8) is 0 Å². The number of rotatable bonds is 5. The van der Waals surface area contributed by atoms with Crippen LogP contribution in [0.1, 0.15) is 38.4 Å². The Balaban J connectivity index is 1.64. The second-order valence-electron chi connectivity index (χ2n) is 8.19. The Bertz CT molecular complexity index is 1360. The van der Waals surface area contributed by atoms with Gasteiger partial charge in [-0.3, -0.25) is 19.3 Å². The number of terminal acetylenes is 1. The third-order valence-corrected chi connectivity index (χ3v) is 7.26. The molecule has 1 fully saturated rings.